The summed E-state index contributed by atoms with van der Waals surface area (Å²) in [6.07, 6.45) is 5.41. The standard InChI is InChI=1S/C23H27FN6O2/c1-28(15-18-6-2-3-7-20(18)24)16-22(31)26-19-8-9-21-27-30(23(32)29(21)12-10-19)14-17-5-4-11-25-13-17/h2-7,11,13,19H,8-10,12,14-16H2,1H3,(H,26,31). The number of aromatic nitrogens is 4. The van der Waals surface area contributed by atoms with Crippen LogP contribution in [0.15, 0.2) is 53.6 Å². The predicted molar refractivity (Wildman–Crippen MR) is 117 cm³/mol. The Morgan fingerprint density at radius 3 is 2.88 bits per heavy atom. The van der Waals surface area contributed by atoms with Crippen LogP contribution in [0.4, 0.5) is 4.39 Å². The number of rotatable bonds is 7. The van der Waals surface area contributed by atoms with E-state index < -0.39 is 0 Å². The molecule has 0 bridgehead atoms. The number of fused-ring (bicyclic) bond motifs is 1. The van der Waals surface area contributed by atoms with Crippen LogP contribution in [0.25, 0.3) is 0 Å². The molecule has 1 aliphatic rings. The molecule has 32 heavy (non-hydrogen) atoms. The second-order valence-corrected chi connectivity index (χ2v) is 8.22. The number of amides is 1. The summed E-state index contributed by atoms with van der Waals surface area (Å²) in [5, 5.41) is 7.56. The average Bonchev–Trinajstić information content (AvgIpc) is 2.93. The molecule has 0 saturated heterocycles. The van der Waals surface area contributed by atoms with Gasteiger partial charge in [0.15, 0.2) is 0 Å². The largest absolute Gasteiger partial charge is 0.352 e. The molecule has 0 fully saturated rings. The molecule has 4 rings (SSSR count). The Bertz CT molecular complexity index is 1130. The van der Waals surface area contributed by atoms with Crippen LogP contribution in [-0.2, 0) is 30.8 Å². The summed E-state index contributed by atoms with van der Waals surface area (Å²) in [6, 6.07) is 10.3. The van der Waals surface area contributed by atoms with Crippen molar-refractivity contribution in [3.05, 3.63) is 82.0 Å². The third kappa shape index (κ3) is 5.28. The van der Waals surface area contributed by atoms with E-state index >= 15 is 0 Å². The molecule has 1 amide bonds. The Balaban J connectivity index is 1.30. The molecule has 3 heterocycles. The summed E-state index contributed by atoms with van der Waals surface area (Å²) in [5.74, 6) is 0.363. The molecule has 3 aromatic rings. The van der Waals surface area contributed by atoms with Gasteiger partial charge in [-0.05, 0) is 37.6 Å². The van der Waals surface area contributed by atoms with Gasteiger partial charge in [-0.2, -0.15) is 5.10 Å². The number of aryl methyl sites for hydroxylation is 1. The molecule has 1 aliphatic heterocycles. The van der Waals surface area contributed by atoms with Crippen LogP contribution in [0.1, 0.15) is 29.8 Å². The molecule has 1 unspecified atom stereocenters. The zero-order valence-corrected chi connectivity index (χ0v) is 18.1. The van der Waals surface area contributed by atoms with Gasteiger partial charge in [-0.25, -0.2) is 13.9 Å². The molecule has 0 radical (unpaired) electrons. The van der Waals surface area contributed by atoms with E-state index in [1.54, 1.807) is 47.1 Å². The zero-order chi connectivity index (χ0) is 22.5. The van der Waals surface area contributed by atoms with E-state index in [4.69, 9.17) is 0 Å². The lowest BCUT2D eigenvalue weighted by molar-refractivity contribution is -0.122. The molecule has 0 spiro atoms. The fraction of sp³-hybridized carbons (Fsp3) is 0.391. The van der Waals surface area contributed by atoms with Gasteiger partial charge in [-0.15, -0.1) is 0 Å². The van der Waals surface area contributed by atoms with Gasteiger partial charge < -0.3 is 5.32 Å². The molecule has 0 aliphatic carbocycles. The fourth-order valence-corrected chi connectivity index (χ4v) is 4.03. The lowest BCUT2D eigenvalue weighted by atomic mass is 10.1. The van der Waals surface area contributed by atoms with Gasteiger partial charge >= 0.3 is 5.69 Å². The molecule has 1 N–H and O–H groups in total. The van der Waals surface area contributed by atoms with Gasteiger partial charge in [0.05, 0.1) is 13.1 Å². The van der Waals surface area contributed by atoms with Gasteiger partial charge in [0.2, 0.25) is 5.91 Å². The van der Waals surface area contributed by atoms with E-state index in [-0.39, 0.29) is 30.0 Å². The first-order valence-corrected chi connectivity index (χ1v) is 10.8. The van der Waals surface area contributed by atoms with Crippen molar-refractivity contribution in [2.24, 2.45) is 0 Å². The molecule has 8 nitrogen and oxygen atoms in total. The number of hydrogen-bond donors (Lipinski definition) is 1. The van der Waals surface area contributed by atoms with Crippen LogP contribution in [-0.4, -0.2) is 49.8 Å². The summed E-state index contributed by atoms with van der Waals surface area (Å²) in [5.41, 5.74) is 1.35. The molecule has 1 atom stereocenters. The predicted octanol–water partition coefficient (Wildman–Crippen LogP) is 1.58. The van der Waals surface area contributed by atoms with Crippen LogP contribution in [0.3, 0.4) is 0 Å². The first-order chi connectivity index (χ1) is 15.5. The van der Waals surface area contributed by atoms with Crippen LogP contribution in [0.5, 0.6) is 0 Å². The molecule has 9 heteroatoms. The first-order valence-electron chi connectivity index (χ1n) is 10.8. The third-order valence-electron chi connectivity index (χ3n) is 5.65. The molecular formula is C23H27FN6O2. The number of pyridine rings is 1. The third-order valence-corrected chi connectivity index (χ3v) is 5.65. The van der Waals surface area contributed by atoms with Crippen molar-refractivity contribution >= 4 is 5.91 Å². The minimum absolute atomic E-state index is 0.0303. The molecule has 1 aromatic carbocycles. The Labute approximate surface area is 185 Å². The molecule has 2 aromatic heterocycles. The van der Waals surface area contributed by atoms with Crippen molar-refractivity contribution in [1.82, 2.24) is 29.5 Å². The summed E-state index contributed by atoms with van der Waals surface area (Å²) >= 11 is 0. The number of benzene rings is 1. The minimum Gasteiger partial charge on any atom is -0.352 e. The van der Waals surface area contributed by atoms with Crippen LogP contribution in [0.2, 0.25) is 0 Å². The number of carbonyl (C=O) groups excluding carboxylic acids is 1. The van der Waals surface area contributed by atoms with Crippen molar-refractivity contribution in [3.63, 3.8) is 0 Å². The van der Waals surface area contributed by atoms with Gasteiger partial charge in [-0.3, -0.25) is 19.2 Å². The lowest BCUT2D eigenvalue weighted by Gasteiger charge is -2.20. The van der Waals surface area contributed by atoms with Crippen molar-refractivity contribution in [1.29, 1.82) is 0 Å². The van der Waals surface area contributed by atoms with Crippen LogP contribution in [0, 0.1) is 5.82 Å². The van der Waals surface area contributed by atoms with E-state index in [0.717, 1.165) is 11.4 Å². The minimum atomic E-state index is -0.271. The highest BCUT2D eigenvalue weighted by Gasteiger charge is 2.22. The van der Waals surface area contributed by atoms with E-state index in [9.17, 15) is 14.0 Å². The normalized spacial score (nSPS) is 15.9. The maximum absolute atomic E-state index is 13.8. The SMILES string of the molecule is CN(CC(=O)NC1CCc2nn(Cc3cccnc3)c(=O)n2CC1)Cc1ccccc1F. The van der Waals surface area contributed by atoms with Crippen LogP contribution >= 0.6 is 0 Å². The number of hydrogen-bond acceptors (Lipinski definition) is 5. The van der Waals surface area contributed by atoms with Gasteiger partial charge in [0.1, 0.15) is 11.6 Å². The van der Waals surface area contributed by atoms with Crippen molar-refractivity contribution in [3.8, 4) is 0 Å². The first kappa shape index (κ1) is 21.9. The number of halogens is 1. The van der Waals surface area contributed by atoms with Gasteiger partial charge in [0, 0.05) is 43.5 Å². The topological polar surface area (TPSA) is 85.1 Å². The van der Waals surface area contributed by atoms with Crippen molar-refractivity contribution < 1.29 is 9.18 Å². The molecule has 168 valence electrons. The Morgan fingerprint density at radius 2 is 2.09 bits per heavy atom. The fourth-order valence-electron chi connectivity index (χ4n) is 4.03. The van der Waals surface area contributed by atoms with Gasteiger partial charge in [-0.1, -0.05) is 24.3 Å². The number of nitrogens with zero attached hydrogens (tertiary/aromatic N) is 5. The molecule has 0 saturated carbocycles. The second kappa shape index (κ2) is 9.86. The van der Waals surface area contributed by atoms with E-state index in [0.29, 0.717) is 44.5 Å². The van der Waals surface area contributed by atoms with Gasteiger partial charge in [0.25, 0.3) is 0 Å². The monoisotopic (exact) mass is 438 g/mol. The number of carbonyl (C=O) groups is 1. The quantitative estimate of drug-likeness (QED) is 0.606. The Morgan fingerprint density at radius 1 is 1.25 bits per heavy atom. The summed E-state index contributed by atoms with van der Waals surface area (Å²) in [7, 11) is 1.79. The molecular weight excluding hydrogens is 411 g/mol. The Hall–Kier alpha value is -3.33. The lowest BCUT2D eigenvalue weighted by Crippen LogP contribution is -2.41. The highest BCUT2D eigenvalue weighted by atomic mass is 19.1. The zero-order valence-electron chi connectivity index (χ0n) is 18.1. The highest BCUT2D eigenvalue weighted by molar-refractivity contribution is 5.78. The average molecular weight is 439 g/mol. The van der Waals surface area contributed by atoms with E-state index in [1.165, 1.54) is 10.7 Å². The van der Waals surface area contributed by atoms with E-state index in [1.807, 2.05) is 12.1 Å². The number of likely N-dealkylation sites (N-methyl/N-ethyl adjacent to an activating group) is 1. The maximum atomic E-state index is 13.8. The number of nitrogens with one attached hydrogen (secondary N) is 1. The maximum Gasteiger partial charge on any atom is 0.346 e. The summed E-state index contributed by atoms with van der Waals surface area (Å²) in [4.78, 5) is 31.1. The highest BCUT2D eigenvalue weighted by Crippen LogP contribution is 2.13. The summed E-state index contributed by atoms with van der Waals surface area (Å²) in [6.45, 7) is 1.43. The smallest absolute Gasteiger partial charge is 0.346 e. The van der Waals surface area contributed by atoms with Crippen molar-refractivity contribution in [2.45, 2.75) is 44.9 Å². The van der Waals surface area contributed by atoms with Crippen LogP contribution < -0.4 is 11.0 Å². The second-order valence-electron chi connectivity index (χ2n) is 8.22. The van der Waals surface area contributed by atoms with Crippen molar-refractivity contribution in [2.75, 3.05) is 13.6 Å². The van der Waals surface area contributed by atoms with E-state index in [2.05, 4.69) is 15.4 Å². The summed E-state index contributed by atoms with van der Waals surface area (Å²) < 4.78 is 17.0. The Kier molecular flexibility index (Phi) is 6.75.